The number of hydrogen-bond acceptors (Lipinski definition) is 4. The average molecular weight is 244 g/mol. The number of rotatable bonds is 2. The second kappa shape index (κ2) is 5.50. The lowest BCUT2D eigenvalue weighted by atomic mass is 9.96. The Labute approximate surface area is 106 Å². The molecule has 5 nitrogen and oxygen atoms in total. The zero-order chi connectivity index (χ0) is 13.0. The summed E-state index contributed by atoms with van der Waals surface area (Å²) in [7, 11) is 1.68. The Balaban J connectivity index is 1.97. The Kier molecular flexibility index (Phi) is 3.78. The van der Waals surface area contributed by atoms with E-state index in [0.717, 1.165) is 31.6 Å². The first-order valence-electron chi connectivity index (χ1n) is 6.07. The van der Waals surface area contributed by atoms with Crippen LogP contribution in [0.2, 0.25) is 0 Å². The third kappa shape index (κ3) is 2.59. The van der Waals surface area contributed by atoms with Crippen LogP contribution in [0.25, 0.3) is 0 Å². The standard InChI is InChI=1S/C13H16N4O/c1-15-13(18)10-4-6-17(7-5-10)12-3-2-11(8-14)16-9-12/h2-3,9-10H,4-7H2,1H3,(H,15,18). The van der Waals surface area contributed by atoms with Crippen LogP contribution in [0.1, 0.15) is 18.5 Å². The minimum atomic E-state index is 0.123. The molecule has 0 saturated carbocycles. The number of hydrogen-bond donors (Lipinski definition) is 1. The molecule has 0 aromatic carbocycles. The van der Waals surface area contributed by atoms with Gasteiger partial charge < -0.3 is 10.2 Å². The van der Waals surface area contributed by atoms with Crippen molar-refractivity contribution in [3.8, 4) is 6.07 Å². The van der Waals surface area contributed by atoms with Crippen molar-refractivity contribution in [3.63, 3.8) is 0 Å². The van der Waals surface area contributed by atoms with Crippen molar-refractivity contribution in [1.29, 1.82) is 5.26 Å². The molecule has 2 rings (SSSR count). The molecule has 0 radical (unpaired) electrons. The lowest BCUT2D eigenvalue weighted by Gasteiger charge is -2.32. The molecule has 1 aromatic heterocycles. The SMILES string of the molecule is CNC(=O)C1CCN(c2ccc(C#N)nc2)CC1. The van der Waals surface area contributed by atoms with Crippen LogP contribution in [-0.4, -0.2) is 31.0 Å². The predicted molar refractivity (Wildman–Crippen MR) is 68.0 cm³/mol. The van der Waals surface area contributed by atoms with Gasteiger partial charge in [0.1, 0.15) is 11.8 Å². The second-order valence-electron chi connectivity index (χ2n) is 4.39. The zero-order valence-electron chi connectivity index (χ0n) is 10.4. The van der Waals surface area contributed by atoms with Crippen molar-refractivity contribution in [2.75, 3.05) is 25.0 Å². The Morgan fingerprint density at radius 2 is 2.22 bits per heavy atom. The van der Waals surface area contributed by atoms with Crippen LogP contribution in [0.3, 0.4) is 0 Å². The highest BCUT2D eigenvalue weighted by Crippen LogP contribution is 2.22. The quantitative estimate of drug-likeness (QED) is 0.839. The number of carbonyl (C=O) groups excluding carboxylic acids is 1. The molecule has 0 unspecified atom stereocenters. The lowest BCUT2D eigenvalue weighted by Crippen LogP contribution is -2.39. The minimum absolute atomic E-state index is 0.123. The number of pyridine rings is 1. The number of aromatic nitrogens is 1. The number of nitrogens with one attached hydrogen (secondary N) is 1. The van der Waals surface area contributed by atoms with Gasteiger partial charge in [-0.2, -0.15) is 5.26 Å². The summed E-state index contributed by atoms with van der Waals surface area (Å²) in [5, 5.41) is 11.4. The molecule has 1 saturated heterocycles. The first-order valence-corrected chi connectivity index (χ1v) is 6.07. The van der Waals surface area contributed by atoms with Gasteiger partial charge in [-0.25, -0.2) is 4.98 Å². The van der Waals surface area contributed by atoms with E-state index in [9.17, 15) is 4.79 Å². The third-order valence-corrected chi connectivity index (χ3v) is 3.34. The Morgan fingerprint density at radius 3 is 2.72 bits per heavy atom. The summed E-state index contributed by atoms with van der Waals surface area (Å²) in [5.74, 6) is 0.255. The summed E-state index contributed by atoms with van der Waals surface area (Å²) in [6, 6.07) is 5.64. The van der Waals surface area contributed by atoms with Crippen LogP contribution in [0.5, 0.6) is 0 Å². The highest BCUT2D eigenvalue weighted by molar-refractivity contribution is 5.78. The first-order chi connectivity index (χ1) is 8.74. The summed E-state index contributed by atoms with van der Waals surface area (Å²) in [4.78, 5) is 17.8. The van der Waals surface area contributed by atoms with Crippen molar-refractivity contribution in [2.24, 2.45) is 5.92 Å². The maximum Gasteiger partial charge on any atom is 0.222 e. The van der Waals surface area contributed by atoms with Gasteiger partial charge in [0.05, 0.1) is 11.9 Å². The van der Waals surface area contributed by atoms with E-state index in [1.54, 1.807) is 19.3 Å². The van der Waals surface area contributed by atoms with E-state index in [1.165, 1.54) is 0 Å². The van der Waals surface area contributed by atoms with E-state index in [2.05, 4.69) is 15.2 Å². The molecular formula is C13H16N4O. The average Bonchev–Trinajstić information content (AvgIpc) is 2.47. The van der Waals surface area contributed by atoms with Gasteiger partial charge in [-0.3, -0.25) is 4.79 Å². The zero-order valence-corrected chi connectivity index (χ0v) is 10.4. The number of carbonyl (C=O) groups is 1. The Morgan fingerprint density at radius 1 is 1.50 bits per heavy atom. The Bertz CT molecular complexity index is 455. The van der Waals surface area contributed by atoms with E-state index in [4.69, 9.17) is 5.26 Å². The molecule has 1 aromatic rings. The molecule has 0 atom stereocenters. The molecule has 5 heteroatoms. The van der Waals surface area contributed by atoms with E-state index in [1.807, 2.05) is 12.1 Å². The summed E-state index contributed by atoms with van der Waals surface area (Å²) in [6.45, 7) is 1.71. The number of amides is 1. The van der Waals surface area contributed by atoms with Gasteiger partial charge in [0.2, 0.25) is 5.91 Å². The monoisotopic (exact) mass is 244 g/mol. The third-order valence-electron chi connectivity index (χ3n) is 3.34. The van der Waals surface area contributed by atoms with Gasteiger partial charge >= 0.3 is 0 Å². The van der Waals surface area contributed by atoms with Gasteiger partial charge in [0, 0.05) is 26.1 Å². The topological polar surface area (TPSA) is 69.0 Å². The van der Waals surface area contributed by atoms with Gasteiger partial charge in [-0.1, -0.05) is 0 Å². The molecule has 0 spiro atoms. The van der Waals surface area contributed by atoms with Crippen molar-refractivity contribution >= 4 is 11.6 Å². The van der Waals surface area contributed by atoms with Gasteiger partial charge in [-0.15, -0.1) is 0 Å². The molecule has 18 heavy (non-hydrogen) atoms. The molecule has 2 heterocycles. The molecule has 1 aliphatic rings. The van der Waals surface area contributed by atoms with Crippen LogP contribution < -0.4 is 10.2 Å². The maximum absolute atomic E-state index is 11.5. The number of nitriles is 1. The molecule has 0 aliphatic carbocycles. The van der Waals surface area contributed by atoms with Crippen LogP contribution in [-0.2, 0) is 4.79 Å². The normalized spacial score (nSPS) is 16.1. The van der Waals surface area contributed by atoms with E-state index >= 15 is 0 Å². The Hall–Kier alpha value is -2.09. The summed E-state index contributed by atoms with van der Waals surface area (Å²) in [5.41, 5.74) is 1.45. The van der Waals surface area contributed by atoms with E-state index < -0.39 is 0 Å². The molecule has 1 aliphatic heterocycles. The fraction of sp³-hybridized carbons (Fsp3) is 0.462. The largest absolute Gasteiger partial charge is 0.370 e. The predicted octanol–water partition coefficient (Wildman–Crippen LogP) is 0.916. The number of anilines is 1. The highest BCUT2D eigenvalue weighted by atomic mass is 16.1. The van der Waals surface area contributed by atoms with Gasteiger partial charge in [0.25, 0.3) is 0 Å². The van der Waals surface area contributed by atoms with Crippen LogP contribution in [0.15, 0.2) is 18.3 Å². The first kappa shape index (κ1) is 12.4. The van der Waals surface area contributed by atoms with Crippen molar-refractivity contribution < 1.29 is 4.79 Å². The summed E-state index contributed by atoms with van der Waals surface area (Å²) in [6.07, 6.45) is 3.44. The van der Waals surface area contributed by atoms with Crippen molar-refractivity contribution in [1.82, 2.24) is 10.3 Å². The molecule has 94 valence electrons. The minimum Gasteiger partial charge on any atom is -0.370 e. The lowest BCUT2D eigenvalue weighted by molar-refractivity contribution is -0.125. The molecule has 1 N–H and O–H groups in total. The van der Waals surface area contributed by atoms with Crippen LogP contribution >= 0.6 is 0 Å². The smallest absolute Gasteiger partial charge is 0.222 e. The van der Waals surface area contributed by atoms with Gasteiger partial charge in [0.15, 0.2) is 0 Å². The number of nitrogens with zero attached hydrogens (tertiary/aromatic N) is 3. The molecular weight excluding hydrogens is 228 g/mol. The molecule has 1 fully saturated rings. The fourth-order valence-electron chi connectivity index (χ4n) is 2.24. The highest BCUT2D eigenvalue weighted by Gasteiger charge is 2.24. The van der Waals surface area contributed by atoms with E-state index in [-0.39, 0.29) is 11.8 Å². The van der Waals surface area contributed by atoms with Crippen LogP contribution in [0, 0.1) is 17.2 Å². The van der Waals surface area contributed by atoms with Gasteiger partial charge in [-0.05, 0) is 25.0 Å². The van der Waals surface area contributed by atoms with Crippen molar-refractivity contribution in [2.45, 2.75) is 12.8 Å². The second-order valence-corrected chi connectivity index (χ2v) is 4.39. The van der Waals surface area contributed by atoms with E-state index in [0.29, 0.717) is 5.69 Å². The summed E-state index contributed by atoms with van der Waals surface area (Å²) >= 11 is 0. The fourth-order valence-corrected chi connectivity index (χ4v) is 2.24. The number of piperidine rings is 1. The molecule has 1 amide bonds. The van der Waals surface area contributed by atoms with Crippen LogP contribution in [0.4, 0.5) is 5.69 Å². The van der Waals surface area contributed by atoms with Crippen molar-refractivity contribution in [3.05, 3.63) is 24.0 Å². The maximum atomic E-state index is 11.5. The molecule has 0 bridgehead atoms. The summed E-state index contributed by atoms with van der Waals surface area (Å²) < 4.78 is 0.